The Morgan fingerprint density at radius 3 is 2.44 bits per heavy atom. The Bertz CT molecular complexity index is 867. The molecule has 1 aromatic heterocycles. The van der Waals surface area contributed by atoms with Crippen LogP contribution in [0.3, 0.4) is 0 Å². The van der Waals surface area contributed by atoms with Crippen LogP contribution in [-0.2, 0) is 6.54 Å². The lowest BCUT2D eigenvalue weighted by Crippen LogP contribution is -2.24. The summed E-state index contributed by atoms with van der Waals surface area (Å²) >= 11 is 0. The van der Waals surface area contributed by atoms with Crippen LogP contribution in [0.2, 0.25) is 0 Å². The first kappa shape index (κ1) is 17.2. The van der Waals surface area contributed by atoms with Crippen LogP contribution in [0, 0.1) is 11.3 Å². The molecule has 0 aliphatic rings. The zero-order valence-electron chi connectivity index (χ0n) is 14.9. The maximum Gasteiger partial charge on any atom is 0.141 e. The first-order valence-corrected chi connectivity index (χ1v) is 8.95. The van der Waals surface area contributed by atoms with E-state index in [2.05, 4.69) is 47.6 Å². The molecule has 128 valence electrons. The van der Waals surface area contributed by atoms with Gasteiger partial charge in [-0.05, 0) is 62.5 Å². The van der Waals surface area contributed by atoms with Crippen molar-refractivity contribution in [2.24, 2.45) is 0 Å². The Morgan fingerprint density at radius 1 is 1.04 bits per heavy atom. The molecule has 0 bridgehead atoms. The fourth-order valence-electron chi connectivity index (χ4n) is 3.21. The Hall–Kier alpha value is -2.64. The lowest BCUT2D eigenvalue weighted by Gasteiger charge is -2.18. The molecule has 4 nitrogen and oxygen atoms in total. The fraction of sp³-hybridized carbons (Fsp3) is 0.333. The summed E-state index contributed by atoms with van der Waals surface area (Å²) in [4.78, 5) is 7.29. The highest BCUT2D eigenvalue weighted by atomic mass is 15.1. The summed E-state index contributed by atoms with van der Waals surface area (Å²) in [5, 5.41) is 9.01. The molecule has 2 aromatic carbocycles. The van der Waals surface area contributed by atoms with Crippen LogP contribution in [-0.4, -0.2) is 34.1 Å². The number of aromatic nitrogens is 2. The van der Waals surface area contributed by atoms with Crippen molar-refractivity contribution in [1.29, 1.82) is 5.26 Å². The van der Waals surface area contributed by atoms with Gasteiger partial charge in [-0.25, -0.2) is 4.98 Å². The van der Waals surface area contributed by atoms with Crippen LogP contribution in [0.4, 0.5) is 0 Å². The quantitative estimate of drug-likeness (QED) is 0.648. The summed E-state index contributed by atoms with van der Waals surface area (Å²) in [6, 6.07) is 18.1. The van der Waals surface area contributed by atoms with Crippen LogP contribution in [0.25, 0.3) is 22.4 Å². The minimum atomic E-state index is 0.674. The molecule has 4 heteroatoms. The molecule has 0 amide bonds. The Balaban J connectivity index is 1.93. The number of fused-ring (bicyclic) bond motifs is 1. The summed E-state index contributed by atoms with van der Waals surface area (Å²) < 4.78 is 2.31. The monoisotopic (exact) mass is 332 g/mol. The summed E-state index contributed by atoms with van der Waals surface area (Å²) in [5.41, 5.74) is 3.91. The van der Waals surface area contributed by atoms with Gasteiger partial charge in [-0.2, -0.15) is 5.26 Å². The Morgan fingerprint density at radius 2 is 1.76 bits per heavy atom. The van der Waals surface area contributed by atoms with Crippen LogP contribution in [0.5, 0.6) is 0 Å². The van der Waals surface area contributed by atoms with Gasteiger partial charge < -0.3 is 9.47 Å². The van der Waals surface area contributed by atoms with Gasteiger partial charge in [-0.3, -0.25) is 0 Å². The van der Waals surface area contributed by atoms with E-state index in [9.17, 15) is 0 Å². The largest absolute Gasteiger partial charge is 0.324 e. The second-order valence-corrected chi connectivity index (χ2v) is 6.15. The van der Waals surface area contributed by atoms with E-state index in [1.807, 2.05) is 30.3 Å². The van der Waals surface area contributed by atoms with E-state index < -0.39 is 0 Å². The lowest BCUT2D eigenvalue weighted by atomic mass is 10.1. The van der Waals surface area contributed by atoms with Gasteiger partial charge in [0.1, 0.15) is 5.82 Å². The van der Waals surface area contributed by atoms with E-state index in [0.717, 1.165) is 49.5 Å². The number of benzene rings is 2. The Labute approximate surface area is 149 Å². The van der Waals surface area contributed by atoms with Crippen molar-refractivity contribution < 1.29 is 0 Å². The van der Waals surface area contributed by atoms with E-state index in [0.29, 0.717) is 5.56 Å². The third-order valence-electron chi connectivity index (χ3n) is 4.68. The van der Waals surface area contributed by atoms with Crippen molar-refractivity contribution in [3.05, 3.63) is 54.1 Å². The van der Waals surface area contributed by atoms with Crippen molar-refractivity contribution in [2.75, 3.05) is 19.6 Å². The zero-order chi connectivity index (χ0) is 17.6. The number of nitrogens with zero attached hydrogens (tertiary/aromatic N) is 4. The molecule has 3 aromatic rings. The first-order chi connectivity index (χ1) is 12.3. The van der Waals surface area contributed by atoms with E-state index in [1.54, 1.807) is 0 Å². The number of aryl methyl sites for hydroxylation is 1. The van der Waals surface area contributed by atoms with Gasteiger partial charge in [-0.1, -0.05) is 26.0 Å². The molecular formula is C21H24N4. The van der Waals surface area contributed by atoms with E-state index in [-0.39, 0.29) is 0 Å². The molecule has 0 fully saturated rings. The number of hydrogen-bond donors (Lipinski definition) is 0. The normalized spacial score (nSPS) is 11.1. The molecule has 3 rings (SSSR count). The average Bonchev–Trinajstić information content (AvgIpc) is 3.04. The molecule has 0 spiro atoms. The van der Waals surface area contributed by atoms with Crippen LogP contribution in [0.15, 0.2) is 48.5 Å². The molecule has 0 atom stereocenters. The van der Waals surface area contributed by atoms with Crippen molar-refractivity contribution in [3.63, 3.8) is 0 Å². The number of para-hydroxylation sites is 2. The average molecular weight is 332 g/mol. The standard InChI is InChI=1S/C21H24N4/c1-3-24(4-2)14-7-15-25-20-9-6-5-8-19(20)23-21(25)18-12-10-17(16-22)11-13-18/h5-6,8-13H,3-4,7,14-15H2,1-2H3. The van der Waals surface area contributed by atoms with Gasteiger partial charge in [-0.15, -0.1) is 0 Å². The van der Waals surface area contributed by atoms with Gasteiger partial charge in [0.2, 0.25) is 0 Å². The Kier molecular flexibility index (Phi) is 5.47. The van der Waals surface area contributed by atoms with E-state index in [4.69, 9.17) is 10.2 Å². The van der Waals surface area contributed by atoms with Crippen molar-refractivity contribution in [3.8, 4) is 17.5 Å². The van der Waals surface area contributed by atoms with Gasteiger partial charge in [0.15, 0.2) is 0 Å². The van der Waals surface area contributed by atoms with E-state index >= 15 is 0 Å². The van der Waals surface area contributed by atoms with E-state index in [1.165, 1.54) is 5.52 Å². The lowest BCUT2D eigenvalue weighted by molar-refractivity contribution is 0.294. The molecule has 0 saturated carbocycles. The maximum absolute atomic E-state index is 9.01. The van der Waals surface area contributed by atoms with Gasteiger partial charge >= 0.3 is 0 Å². The van der Waals surface area contributed by atoms with Crippen LogP contribution < -0.4 is 0 Å². The molecule has 0 aliphatic heterocycles. The molecule has 0 saturated heterocycles. The van der Waals surface area contributed by atoms with Crippen LogP contribution in [0.1, 0.15) is 25.8 Å². The summed E-state index contributed by atoms with van der Waals surface area (Å²) in [6.45, 7) is 8.61. The SMILES string of the molecule is CCN(CC)CCCn1c(-c2ccc(C#N)cc2)nc2ccccc21. The second-order valence-electron chi connectivity index (χ2n) is 6.15. The van der Waals surface area contributed by atoms with Crippen molar-refractivity contribution in [1.82, 2.24) is 14.5 Å². The molecule has 1 heterocycles. The predicted octanol–water partition coefficient (Wildman–Crippen LogP) is 4.31. The summed E-state index contributed by atoms with van der Waals surface area (Å²) in [6.07, 6.45) is 1.09. The number of imidazole rings is 1. The molecule has 0 unspecified atom stereocenters. The highest BCUT2D eigenvalue weighted by Gasteiger charge is 2.12. The predicted molar refractivity (Wildman–Crippen MR) is 102 cm³/mol. The molecule has 0 aliphatic carbocycles. The highest BCUT2D eigenvalue weighted by Crippen LogP contribution is 2.25. The maximum atomic E-state index is 9.01. The summed E-state index contributed by atoms with van der Waals surface area (Å²) in [5.74, 6) is 0.977. The smallest absolute Gasteiger partial charge is 0.141 e. The van der Waals surface area contributed by atoms with Gasteiger partial charge in [0.05, 0.1) is 22.7 Å². The van der Waals surface area contributed by atoms with Crippen molar-refractivity contribution in [2.45, 2.75) is 26.8 Å². The molecule has 0 radical (unpaired) electrons. The third kappa shape index (κ3) is 3.72. The third-order valence-corrected chi connectivity index (χ3v) is 4.68. The fourth-order valence-corrected chi connectivity index (χ4v) is 3.21. The molecular weight excluding hydrogens is 308 g/mol. The molecule has 0 N–H and O–H groups in total. The minimum Gasteiger partial charge on any atom is -0.324 e. The molecule has 25 heavy (non-hydrogen) atoms. The van der Waals surface area contributed by atoms with Crippen molar-refractivity contribution >= 4 is 11.0 Å². The number of hydrogen-bond acceptors (Lipinski definition) is 3. The number of rotatable bonds is 7. The summed E-state index contributed by atoms with van der Waals surface area (Å²) in [7, 11) is 0. The minimum absolute atomic E-state index is 0.674. The zero-order valence-corrected chi connectivity index (χ0v) is 14.9. The van der Waals surface area contributed by atoms with Gasteiger partial charge in [0, 0.05) is 12.1 Å². The van der Waals surface area contributed by atoms with Crippen LogP contribution >= 0.6 is 0 Å². The van der Waals surface area contributed by atoms with Gasteiger partial charge in [0.25, 0.3) is 0 Å². The topological polar surface area (TPSA) is 44.9 Å². The highest BCUT2D eigenvalue weighted by molar-refractivity contribution is 5.80. The first-order valence-electron chi connectivity index (χ1n) is 8.95. The number of nitriles is 1. The second kappa shape index (κ2) is 7.96.